The van der Waals surface area contributed by atoms with Gasteiger partial charge in [-0.2, -0.15) is 5.10 Å². The van der Waals surface area contributed by atoms with E-state index in [2.05, 4.69) is 10.5 Å². The zero-order chi connectivity index (χ0) is 16.0. The molecule has 116 valence electrons. The lowest BCUT2D eigenvalue weighted by Gasteiger charge is -2.21. The van der Waals surface area contributed by atoms with Crippen LogP contribution in [0.3, 0.4) is 0 Å². The lowest BCUT2D eigenvalue weighted by atomic mass is 10.3. The highest BCUT2D eigenvalue weighted by atomic mass is 32.2. The van der Waals surface area contributed by atoms with Crippen molar-refractivity contribution < 1.29 is 17.9 Å². The Morgan fingerprint density at radius 3 is 2.29 bits per heavy atom. The first-order valence-electron chi connectivity index (χ1n) is 6.15. The van der Waals surface area contributed by atoms with E-state index < -0.39 is 15.9 Å². The van der Waals surface area contributed by atoms with E-state index >= 15 is 0 Å². The number of hydrogen-bond acceptors (Lipinski definition) is 5. The van der Waals surface area contributed by atoms with E-state index in [0.29, 0.717) is 17.1 Å². The predicted molar refractivity (Wildman–Crippen MR) is 82.1 cm³/mol. The number of carbonyl (C=O) groups excluding carboxylic acids is 1. The van der Waals surface area contributed by atoms with Crippen molar-refractivity contribution in [2.45, 2.75) is 13.8 Å². The Morgan fingerprint density at radius 1 is 1.29 bits per heavy atom. The Bertz CT molecular complexity index is 619. The molecule has 0 aliphatic carbocycles. The second kappa shape index (κ2) is 7.07. The molecule has 8 heteroatoms. The molecule has 0 fully saturated rings. The molecule has 1 N–H and O–H groups in total. The summed E-state index contributed by atoms with van der Waals surface area (Å²) >= 11 is 0. The second-order valence-corrected chi connectivity index (χ2v) is 6.47. The van der Waals surface area contributed by atoms with Crippen LogP contribution in [0.2, 0.25) is 0 Å². The quantitative estimate of drug-likeness (QED) is 0.626. The van der Waals surface area contributed by atoms with E-state index in [4.69, 9.17) is 4.74 Å². The number of sulfonamides is 1. The Kier molecular flexibility index (Phi) is 5.71. The molecule has 0 heterocycles. The molecule has 0 saturated carbocycles. The van der Waals surface area contributed by atoms with Crippen molar-refractivity contribution in [3.8, 4) is 5.75 Å². The molecular formula is C13H19N3O4S. The fourth-order valence-corrected chi connectivity index (χ4v) is 2.34. The molecule has 1 amide bonds. The van der Waals surface area contributed by atoms with Gasteiger partial charge in [0.15, 0.2) is 0 Å². The normalized spacial score (nSPS) is 10.7. The Hall–Kier alpha value is -2.09. The van der Waals surface area contributed by atoms with Crippen LogP contribution >= 0.6 is 0 Å². The van der Waals surface area contributed by atoms with E-state index in [-0.39, 0.29) is 6.54 Å². The lowest BCUT2D eigenvalue weighted by molar-refractivity contribution is -0.119. The second-order valence-electron chi connectivity index (χ2n) is 4.56. The number of nitrogens with one attached hydrogen (secondary N) is 1. The van der Waals surface area contributed by atoms with Crippen LogP contribution in [0.25, 0.3) is 0 Å². The third kappa shape index (κ3) is 5.42. The van der Waals surface area contributed by atoms with Crippen molar-refractivity contribution in [2.75, 3.05) is 24.2 Å². The average molecular weight is 313 g/mol. The molecule has 0 aliphatic rings. The third-order valence-electron chi connectivity index (χ3n) is 2.45. The van der Waals surface area contributed by atoms with Gasteiger partial charge in [-0.15, -0.1) is 0 Å². The standard InChI is InChI=1S/C13H19N3O4S/c1-10(2)14-15-13(17)9-16(21(4,18)19)11-5-7-12(20-3)8-6-11/h5-8H,9H2,1-4H3,(H,15,17). The van der Waals surface area contributed by atoms with Crippen molar-refractivity contribution in [1.29, 1.82) is 0 Å². The van der Waals surface area contributed by atoms with Crippen LogP contribution in [0.4, 0.5) is 5.69 Å². The minimum atomic E-state index is -3.59. The van der Waals surface area contributed by atoms with Crippen molar-refractivity contribution >= 4 is 27.3 Å². The number of amides is 1. The number of hydrazone groups is 1. The summed E-state index contributed by atoms with van der Waals surface area (Å²) in [6.45, 7) is 3.10. The molecule has 0 bridgehead atoms. The molecule has 1 rings (SSSR count). The van der Waals surface area contributed by atoms with E-state index in [1.54, 1.807) is 38.1 Å². The molecule has 0 saturated heterocycles. The molecule has 7 nitrogen and oxygen atoms in total. The van der Waals surface area contributed by atoms with Crippen LogP contribution in [-0.4, -0.2) is 39.9 Å². The van der Waals surface area contributed by atoms with Crippen molar-refractivity contribution in [3.05, 3.63) is 24.3 Å². The number of carbonyl (C=O) groups is 1. The van der Waals surface area contributed by atoms with Crippen LogP contribution in [0.1, 0.15) is 13.8 Å². The SMILES string of the molecule is COc1ccc(N(CC(=O)NN=C(C)C)S(C)(=O)=O)cc1. The average Bonchev–Trinajstić information content (AvgIpc) is 2.41. The van der Waals surface area contributed by atoms with Gasteiger partial charge in [0.25, 0.3) is 5.91 Å². The third-order valence-corrected chi connectivity index (χ3v) is 3.59. The molecule has 0 spiro atoms. The van der Waals surface area contributed by atoms with E-state index in [1.165, 1.54) is 7.11 Å². The van der Waals surface area contributed by atoms with Crippen molar-refractivity contribution in [2.24, 2.45) is 5.10 Å². The minimum absolute atomic E-state index is 0.345. The Labute approximate surface area is 124 Å². The summed E-state index contributed by atoms with van der Waals surface area (Å²) < 4.78 is 29.7. The molecule has 0 unspecified atom stereocenters. The number of methoxy groups -OCH3 is 1. The number of rotatable bonds is 6. The molecule has 0 aliphatic heterocycles. The zero-order valence-electron chi connectivity index (χ0n) is 12.5. The predicted octanol–water partition coefficient (Wildman–Crippen LogP) is 0.973. The summed E-state index contributed by atoms with van der Waals surface area (Å²) in [5, 5.41) is 3.76. The lowest BCUT2D eigenvalue weighted by Crippen LogP contribution is -2.39. The van der Waals surface area contributed by atoms with Gasteiger partial charge >= 0.3 is 0 Å². The first kappa shape index (κ1) is 17.0. The van der Waals surface area contributed by atoms with Gasteiger partial charge in [-0.3, -0.25) is 9.10 Å². The number of benzene rings is 1. The summed E-state index contributed by atoms with van der Waals surface area (Å²) in [7, 11) is -2.07. The minimum Gasteiger partial charge on any atom is -0.497 e. The Morgan fingerprint density at radius 2 is 1.86 bits per heavy atom. The van der Waals surface area contributed by atoms with Gasteiger partial charge in [0, 0.05) is 5.71 Å². The number of nitrogens with zero attached hydrogens (tertiary/aromatic N) is 2. The van der Waals surface area contributed by atoms with Gasteiger partial charge in [-0.1, -0.05) is 0 Å². The molecule has 1 aromatic carbocycles. The van der Waals surface area contributed by atoms with E-state index in [9.17, 15) is 13.2 Å². The van der Waals surface area contributed by atoms with Crippen LogP contribution in [0.15, 0.2) is 29.4 Å². The smallest absolute Gasteiger partial charge is 0.260 e. The molecule has 21 heavy (non-hydrogen) atoms. The highest BCUT2D eigenvalue weighted by molar-refractivity contribution is 7.92. The van der Waals surface area contributed by atoms with Gasteiger partial charge in [0.2, 0.25) is 10.0 Å². The summed E-state index contributed by atoms with van der Waals surface area (Å²) in [5.74, 6) is 0.0836. The van der Waals surface area contributed by atoms with Gasteiger partial charge in [0.05, 0.1) is 19.1 Å². The summed E-state index contributed by atoms with van der Waals surface area (Å²) in [6.07, 6.45) is 1.04. The fourth-order valence-electron chi connectivity index (χ4n) is 1.49. The Balaban J connectivity index is 2.96. The molecule has 0 atom stereocenters. The monoisotopic (exact) mass is 313 g/mol. The van der Waals surface area contributed by atoms with Gasteiger partial charge in [-0.05, 0) is 38.1 Å². The number of hydrogen-bond donors (Lipinski definition) is 1. The summed E-state index contributed by atoms with van der Waals surface area (Å²) in [4.78, 5) is 11.8. The number of anilines is 1. The number of ether oxygens (including phenoxy) is 1. The molecule has 1 aromatic rings. The maximum absolute atomic E-state index is 11.8. The van der Waals surface area contributed by atoms with Gasteiger partial charge in [-0.25, -0.2) is 13.8 Å². The van der Waals surface area contributed by atoms with Gasteiger partial charge < -0.3 is 4.74 Å². The van der Waals surface area contributed by atoms with Crippen LogP contribution in [0.5, 0.6) is 5.75 Å². The summed E-state index contributed by atoms with van der Waals surface area (Å²) in [6, 6.07) is 6.39. The van der Waals surface area contributed by atoms with Crippen LogP contribution in [-0.2, 0) is 14.8 Å². The zero-order valence-corrected chi connectivity index (χ0v) is 13.3. The first-order chi connectivity index (χ1) is 9.74. The van der Waals surface area contributed by atoms with E-state index in [1.807, 2.05) is 0 Å². The van der Waals surface area contributed by atoms with E-state index in [0.717, 1.165) is 10.6 Å². The fraction of sp³-hybridized carbons (Fsp3) is 0.385. The van der Waals surface area contributed by atoms with Crippen LogP contribution < -0.4 is 14.5 Å². The first-order valence-corrected chi connectivity index (χ1v) is 8.00. The van der Waals surface area contributed by atoms with Gasteiger partial charge in [0.1, 0.15) is 12.3 Å². The topological polar surface area (TPSA) is 88.1 Å². The molecular weight excluding hydrogens is 294 g/mol. The maximum atomic E-state index is 11.8. The highest BCUT2D eigenvalue weighted by Crippen LogP contribution is 2.21. The maximum Gasteiger partial charge on any atom is 0.260 e. The molecule has 0 aromatic heterocycles. The largest absolute Gasteiger partial charge is 0.497 e. The summed E-state index contributed by atoms with van der Waals surface area (Å²) in [5.41, 5.74) is 3.34. The molecule has 0 radical (unpaired) electrons. The van der Waals surface area contributed by atoms with Crippen molar-refractivity contribution in [3.63, 3.8) is 0 Å². The van der Waals surface area contributed by atoms with Crippen molar-refractivity contribution in [1.82, 2.24) is 5.43 Å². The highest BCUT2D eigenvalue weighted by Gasteiger charge is 2.20. The van der Waals surface area contributed by atoms with Crippen LogP contribution in [0, 0.1) is 0 Å².